The molecule has 0 radical (unpaired) electrons. The van der Waals surface area contributed by atoms with Crippen LogP contribution in [0.25, 0.3) is 33.4 Å². The van der Waals surface area contributed by atoms with Crippen molar-refractivity contribution in [3.05, 3.63) is 52.1 Å². The van der Waals surface area contributed by atoms with Crippen molar-refractivity contribution in [1.82, 2.24) is 40.1 Å². The molecule has 2 saturated carbocycles. The highest BCUT2D eigenvalue weighted by molar-refractivity contribution is 7.10. The van der Waals surface area contributed by atoms with Gasteiger partial charge in [0.2, 0.25) is 0 Å². The van der Waals surface area contributed by atoms with Gasteiger partial charge in [-0.15, -0.1) is 11.3 Å². The predicted molar refractivity (Wildman–Crippen MR) is 275 cm³/mol. The third kappa shape index (κ3) is 10.4. The maximum atomic E-state index is 14.7. The molecule has 20 heteroatoms. The maximum Gasteiger partial charge on any atom is 0.324 e. The van der Waals surface area contributed by atoms with Crippen LogP contribution >= 0.6 is 11.3 Å². The van der Waals surface area contributed by atoms with E-state index in [1.165, 1.54) is 29.2 Å². The average Bonchev–Trinajstić information content (AvgIpc) is 4.04. The minimum Gasteiger partial charge on any atom is -0.464 e. The van der Waals surface area contributed by atoms with Crippen molar-refractivity contribution in [2.75, 3.05) is 84.3 Å². The molecule has 74 heavy (non-hydrogen) atoms. The van der Waals surface area contributed by atoms with Crippen molar-refractivity contribution in [3.8, 4) is 22.5 Å². The number of thiazole rings is 1. The number of alkyl halides is 2. The number of hydrazine groups is 1. The molecule has 2 N–H and O–H groups in total. The van der Waals surface area contributed by atoms with Crippen LogP contribution in [0.3, 0.4) is 0 Å². The number of hydrogen-bond acceptors (Lipinski definition) is 14. The first-order chi connectivity index (χ1) is 35.7. The number of nitrogens with zero attached hydrogens (tertiary/aromatic N) is 7. The number of amides is 3. The number of anilines is 1. The Morgan fingerprint density at radius 2 is 1.81 bits per heavy atom. The number of benzene rings is 1. The van der Waals surface area contributed by atoms with Gasteiger partial charge in [0.05, 0.1) is 67.6 Å². The fourth-order valence-electron chi connectivity index (χ4n) is 11.8. The summed E-state index contributed by atoms with van der Waals surface area (Å²) in [6, 6.07) is 6.27. The lowest BCUT2D eigenvalue weighted by molar-refractivity contribution is -0.209. The van der Waals surface area contributed by atoms with Crippen LogP contribution < -0.4 is 15.6 Å². The number of halogens is 2. The van der Waals surface area contributed by atoms with Crippen molar-refractivity contribution in [2.45, 2.75) is 135 Å². The van der Waals surface area contributed by atoms with Gasteiger partial charge in [0, 0.05) is 103 Å². The summed E-state index contributed by atoms with van der Waals surface area (Å²) in [5.41, 5.74) is 9.81. The zero-order valence-corrected chi connectivity index (χ0v) is 44.1. The van der Waals surface area contributed by atoms with Crippen LogP contribution in [0.4, 0.5) is 19.3 Å². The van der Waals surface area contributed by atoms with Gasteiger partial charge in [-0.25, -0.2) is 24.0 Å². The lowest BCUT2D eigenvalue weighted by Gasteiger charge is -2.52. The smallest absolute Gasteiger partial charge is 0.324 e. The predicted octanol–water partition coefficient (Wildman–Crippen LogP) is 7.13. The number of urea groups is 1. The number of rotatable bonds is 13. The van der Waals surface area contributed by atoms with Crippen molar-refractivity contribution in [2.24, 2.45) is 10.8 Å². The highest BCUT2D eigenvalue weighted by atomic mass is 32.1. The van der Waals surface area contributed by atoms with Gasteiger partial charge in [0.15, 0.2) is 0 Å². The number of pyridine rings is 1. The van der Waals surface area contributed by atoms with E-state index < -0.39 is 54.5 Å². The van der Waals surface area contributed by atoms with Crippen molar-refractivity contribution >= 4 is 45.8 Å². The molecule has 1 aromatic carbocycles. The quantitative estimate of drug-likeness (QED) is 0.130. The number of piperazine rings is 1. The zero-order valence-electron chi connectivity index (χ0n) is 43.3. The molecular weight excluding hydrogens is 973 g/mol. The van der Waals surface area contributed by atoms with E-state index in [0.29, 0.717) is 50.7 Å². The van der Waals surface area contributed by atoms with E-state index in [1.54, 1.807) is 12.0 Å². The molecule has 400 valence electrons. The number of ether oxygens (including phenoxy) is 5. The second-order valence-corrected chi connectivity index (χ2v) is 23.5. The summed E-state index contributed by atoms with van der Waals surface area (Å²) in [5, 5.41) is 7.19. The molecule has 3 aromatic heterocycles. The number of methoxy groups -OCH3 is 1. The molecule has 4 aromatic rings. The molecule has 17 nitrogen and oxygen atoms in total. The number of cyclic esters (lactones) is 1. The van der Waals surface area contributed by atoms with Gasteiger partial charge >= 0.3 is 12.0 Å². The Balaban J connectivity index is 1.05. The normalized spacial score (nSPS) is 25.9. The van der Waals surface area contributed by atoms with Gasteiger partial charge in [-0.3, -0.25) is 24.5 Å². The average molecular weight is 1040 g/mol. The van der Waals surface area contributed by atoms with E-state index in [0.717, 1.165) is 103 Å². The second kappa shape index (κ2) is 20.9. The number of esters is 1. The standard InChI is InChI=1S/C54H71F2N9O8S/c1-32-12-14-63(32)52(68)59-46-48(72-27-44(55)56)49-58-42(28-74-49)34-8-11-43-38(21-34)40(25-53(3,4)29-73-51(67)41-7-6-13-65(60-41)50(46)66)47(64(43)19-20-71-37-23-54(24-37)30-70-31-54)39-22-36(26-57-45(39)33(2)69-5)62-17-15-61(16-18-62)35-9-10-35/h8,11,21-22,26,28,32-33,35,37,41,44,46,48,60H,6-7,9-10,12-20,23-25,27,29-31H2,1-5H3,(H,59,68)/t32-,33+,41+,46+,48+/m1/s1. The fourth-order valence-corrected chi connectivity index (χ4v) is 12.7. The van der Waals surface area contributed by atoms with Crippen molar-refractivity contribution < 1.29 is 46.8 Å². The van der Waals surface area contributed by atoms with Gasteiger partial charge < -0.3 is 43.4 Å². The number of hydrogen-bond donors (Lipinski definition) is 2. The van der Waals surface area contributed by atoms with E-state index in [4.69, 9.17) is 33.7 Å². The van der Waals surface area contributed by atoms with Crippen LogP contribution in [-0.2, 0) is 46.2 Å². The number of carbonyl (C=O) groups excluding carboxylic acids is 3. The van der Waals surface area contributed by atoms with Gasteiger partial charge in [-0.05, 0) is 89.0 Å². The number of nitrogens with one attached hydrogen (secondary N) is 2. The molecule has 6 fully saturated rings. The molecule has 8 heterocycles. The summed E-state index contributed by atoms with van der Waals surface area (Å²) in [5.74, 6) is -1.16. The number of aromatic nitrogens is 3. The molecule has 3 amide bonds. The SMILES string of the molecule is CO[C@@H](C)c1ncc(N2CCN(C3CC3)CC2)cc1-c1c2c3cc(ccc3n1CCOC1CC3(COC3)C1)-c1csc(n1)[C@@H](OCC(F)F)[C@H](NC(=O)N1CC[C@H]1C)C(=O)N1CCC[C@H](N1)C(=O)OCC(C)(C)C2. The third-order valence-electron chi connectivity index (χ3n) is 16.5. The Morgan fingerprint density at radius 1 is 1.01 bits per heavy atom. The molecule has 5 aliphatic heterocycles. The van der Waals surface area contributed by atoms with E-state index >= 15 is 0 Å². The summed E-state index contributed by atoms with van der Waals surface area (Å²) >= 11 is 1.18. The van der Waals surface area contributed by atoms with E-state index in [2.05, 4.69) is 57.2 Å². The molecule has 7 aliphatic rings. The Hall–Kier alpha value is -4.83. The zero-order chi connectivity index (χ0) is 51.5. The highest BCUT2D eigenvalue weighted by Gasteiger charge is 2.50. The van der Waals surface area contributed by atoms with Crippen LogP contribution in [0.1, 0.15) is 101 Å². The summed E-state index contributed by atoms with van der Waals surface area (Å²) in [4.78, 5) is 59.7. The lowest BCUT2D eigenvalue weighted by Crippen LogP contribution is -2.63. The molecule has 0 unspecified atom stereocenters. The molecule has 2 aliphatic carbocycles. The van der Waals surface area contributed by atoms with Crippen LogP contribution in [0.15, 0.2) is 35.8 Å². The van der Waals surface area contributed by atoms with Crippen LogP contribution in [0.2, 0.25) is 0 Å². The third-order valence-corrected chi connectivity index (χ3v) is 17.4. The van der Waals surface area contributed by atoms with E-state index in [9.17, 15) is 23.2 Å². The van der Waals surface area contributed by atoms with Gasteiger partial charge in [0.25, 0.3) is 12.3 Å². The first kappa shape index (κ1) is 51.3. The first-order valence-electron chi connectivity index (χ1n) is 26.7. The van der Waals surface area contributed by atoms with E-state index in [-0.39, 0.29) is 41.8 Å². The Bertz CT molecular complexity index is 2710. The topological polar surface area (TPSA) is 165 Å². The Morgan fingerprint density at radius 3 is 2.50 bits per heavy atom. The number of carbonyl (C=O) groups is 3. The molecule has 6 bridgehead atoms. The maximum absolute atomic E-state index is 14.7. The minimum absolute atomic E-state index is 0.0661. The van der Waals surface area contributed by atoms with E-state index in [1.807, 2.05) is 31.5 Å². The summed E-state index contributed by atoms with van der Waals surface area (Å²) in [7, 11) is 1.71. The summed E-state index contributed by atoms with van der Waals surface area (Å²) in [6.45, 7) is 14.3. The Labute approximate surface area is 435 Å². The Kier molecular flexibility index (Phi) is 14.5. The summed E-state index contributed by atoms with van der Waals surface area (Å²) < 4.78 is 61.1. The highest BCUT2D eigenvalue weighted by Crippen LogP contribution is 2.49. The minimum atomic E-state index is -2.87. The molecule has 11 rings (SSSR count). The molecule has 4 saturated heterocycles. The van der Waals surface area contributed by atoms with Gasteiger partial charge in [0.1, 0.15) is 29.8 Å². The van der Waals surface area contributed by atoms with Gasteiger partial charge in [-0.1, -0.05) is 19.9 Å². The first-order valence-corrected chi connectivity index (χ1v) is 27.6. The number of fused-ring (bicyclic) bond motifs is 6. The van der Waals surface area contributed by atoms with Crippen LogP contribution in [0, 0.1) is 10.8 Å². The number of likely N-dealkylation sites (tertiary alicyclic amines) is 1. The summed E-state index contributed by atoms with van der Waals surface area (Å²) in [6.07, 6.45) is 4.17. The second-order valence-electron chi connectivity index (χ2n) is 22.6. The molecule has 1 spiro atoms. The molecule has 5 atom stereocenters. The van der Waals surface area contributed by atoms with Crippen LogP contribution in [-0.4, -0.2) is 163 Å². The van der Waals surface area contributed by atoms with Crippen LogP contribution in [0.5, 0.6) is 0 Å². The lowest BCUT2D eigenvalue weighted by atomic mass is 9.65. The van der Waals surface area contributed by atoms with Crippen molar-refractivity contribution in [3.63, 3.8) is 0 Å². The largest absolute Gasteiger partial charge is 0.464 e. The fraction of sp³-hybridized carbons (Fsp3) is 0.648. The van der Waals surface area contributed by atoms with Crippen molar-refractivity contribution in [1.29, 1.82) is 0 Å². The molecular formula is C54H71F2N9O8S. The monoisotopic (exact) mass is 1040 g/mol. The van der Waals surface area contributed by atoms with Gasteiger partial charge in [-0.2, -0.15) is 0 Å².